The number of aromatic nitrogens is 2. The maximum atomic E-state index is 5.67. The van der Waals surface area contributed by atoms with Crippen LogP contribution in [0.2, 0.25) is 0 Å². The van der Waals surface area contributed by atoms with Crippen molar-refractivity contribution in [2.75, 3.05) is 23.9 Å². The summed E-state index contributed by atoms with van der Waals surface area (Å²) < 4.78 is 5.63. The van der Waals surface area contributed by atoms with Crippen molar-refractivity contribution in [3.05, 3.63) is 5.89 Å². The Kier molecular flexibility index (Phi) is 3.46. The molecule has 0 aromatic carbocycles. The first-order chi connectivity index (χ1) is 8.81. The predicted molar refractivity (Wildman–Crippen MR) is 71.1 cm³/mol. The number of halogens is 1. The van der Waals surface area contributed by atoms with Gasteiger partial charge in [0.2, 0.25) is 5.89 Å². The van der Waals surface area contributed by atoms with Crippen molar-refractivity contribution in [3.8, 4) is 0 Å². The summed E-state index contributed by atoms with van der Waals surface area (Å²) in [5, 5.41) is 8.15. The monoisotopic (exact) mass is 269 g/mol. The van der Waals surface area contributed by atoms with Crippen LogP contribution < -0.4 is 4.90 Å². The van der Waals surface area contributed by atoms with Gasteiger partial charge in [-0.15, -0.1) is 16.7 Å². The SMILES string of the molecule is ClCCc1nnc(N2CCC3(CCCC3)CC2)o1. The molecule has 2 heterocycles. The van der Waals surface area contributed by atoms with Gasteiger partial charge in [-0.05, 0) is 31.1 Å². The average Bonchev–Trinajstić information content (AvgIpc) is 3.02. The van der Waals surface area contributed by atoms with Gasteiger partial charge < -0.3 is 9.32 Å². The first-order valence-electron chi connectivity index (χ1n) is 6.95. The maximum absolute atomic E-state index is 5.67. The molecule has 1 aliphatic heterocycles. The van der Waals surface area contributed by atoms with E-state index in [1.807, 2.05) is 0 Å². The van der Waals surface area contributed by atoms with Gasteiger partial charge >= 0.3 is 6.01 Å². The predicted octanol–water partition coefficient (Wildman–Crippen LogP) is 3.01. The zero-order chi connectivity index (χ0) is 12.4. The Balaban J connectivity index is 1.61. The molecule has 18 heavy (non-hydrogen) atoms. The van der Waals surface area contributed by atoms with Crippen LogP contribution in [0, 0.1) is 5.41 Å². The molecule has 5 heteroatoms. The molecule has 0 bridgehead atoms. The van der Waals surface area contributed by atoms with Gasteiger partial charge in [0, 0.05) is 25.4 Å². The van der Waals surface area contributed by atoms with Gasteiger partial charge in [0.15, 0.2) is 0 Å². The highest BCUT2D eigenvalue weighted by atomic mass is 35.5. The second-order valence-corrected chi connectivity index (χ2v) is 5.99. The van der Waals surface area contributed by atoms with Crippen molar-refractivity contribution in [1.29, 1.82) is 0 Å². The molecular weight excluding hydrogens is 250 g/mol. The quantitative estimate of drug-likeness (QED) is 0.791. The lowest BCUT2D eigenvalue weighted by Crippen LogP contribution is -2.39. The van der Waals surface area contributed by atoms with E-state index in [2.05, 4.69) is 15.1 Å². The molecule has 4 nitrogen and oxygen atoms in total. The number of alkyl halides is 1. The van der Waals surface area contributed by atoms with Crippen LogP contribution in [-0.2, 0) is 6.42 Å². The summed E-state index contributed by atoms with van der Waals surface area (Å²) in [5.41, 5.74) is 0.634. The number of aryl methyl sites for hydroxylation is 1. The number of hydrogen-bond acceptors (Lipinski definition) is 4. The second-order valence-electron chi connectivity index (χ2n) is 5.61. The van der Waals surface area contributed by atoms with E-state index in [-0.39, 0.29) is 0 Å². The van der Waals surface area contributed by atoms with Crippen molar-refractivity contribution in [3.63, 3.8) is 0 Å². The molecule has 2 fully saturated rings. The molecule has 1 saturated heterocycles. The highest BCUT2D eigenvalue weighted by Crippen LogP contribution is 2.46. The summed E-state index contributed by atoms with van der Waals surface area (Å²) in [4.78, 5) is 2.23. The van der Waals surface area contributed by atoms with Crippen molar-refractivity contribution < 1.29 is 4.42 Å². The van der Waals surface area contributed by atoms with Crippen molar-refractivity contribution in [2.45, 2.75) is 44.9 Å². The highest BCUT2D eigenvalue weighted by Gasteiger charge is 2.37. The number of nitrogens with zero attached hydrogens (tertiary/aromatic N) is 3. The van der Waals surface area contributed by atoms with E-state index in [4.69, 9.17) is 16.0 Å². The maximum Gasteiger partial charge on any atom is 0.318 e. The van der Waals surface area contributed by atoms with Gasteiger partial charge in [-0.25, -0.2) is 0 Å². The molecule has 0 unspecified atom stereocenters. The average molecular weight is 270 g/mol. The van der Waals surface area contributed by atoms with Gasteiger partial charge in [0.25, 0.3) is 0 Å². The Morgan fingerprint density at radius 1 is 1.11 bits per heavy atom. The van der Waals surface area contributed by atoms with Crippen molar-refractivity contribution >= 4 is 17.6 Å². The topological polar surface area (TPSA) is 42.2 Å². The standard InChI is InChI=1S/C13H20ClN3O/c14-8-3-11-15-16-12(18-11)17-9-6-13(7-10-17)4-1-2-5-13/h1-10H2. The van der Waals surface area contributed by atoms with E-state index in [1.165, 1.54) is 38.5 Å². The summed E-state index contributed by atoms with van der Waals surface area (Å²) in [6, 6.07) is 0.683. The van der Waals surface area contributed by atoms with Crippen molar-refractivity contribution in [2.24, 2.45) is 5.41 Å². The van der Waals surface area contributed by atoms with E-state index in [0.717, 1.165) is 13.1 Å². The Morgan fingerprint density at radius 2 is 1.83 bits per heavy atom. The summed E-state index contributed by atoms with van der Waals surface area (Å²) in [6.45, 7) is 2.12. The Morgan fingerprint density at radius 3 is 2.50 bits per heavy atom. The third-order valence-corrected chi connectivity index (χ3v) is 4.71. The summed E-state index contributed by atoms with van der Waals surface area (Å²) in [6.07, 6.45) is 8.89. The van der Waals surface area contributed by atoms with E-state index in [0.29, 0.717) is 29.6 Å². The Bertz CT molecular complexity index is 391. The lowest BCUT2D eigenvalue weighted by molar-refractivity contribution is 0.222. The molecular formula is C13H20ClN3O. The molecule has 100 valence electrons. The van der Waals surface area contributed by atoms with Crippen LogP contribution in [0.25, 0.3) is 0 Å². The molecule has 1 aliphatic carbocycles. The van der Waals surface area contributed by atoms with Gasteiger partial charge in [-0.2, -0.15) is 0 Å². The van der Waals surface area contributed by atoms with Gasteiger partial charge in [-0.3, -0.25) is 0 Å². The van der Waals surface area contributed by atoms with E-state index in [1.54, 1.807) is 0 Å². The van der Waals surface area contributed by atoms with Crippen LogP contribution in [0.3, 0.4) is 0 Å². The van der Waals surface area contributed by atoms with E-state index in [9.17, 15) is 0 Å². The third-order valence-electron chi connectivity index (χ3n) is 4.52. The molecule has 0 radical (unpaired) electrons. The van der Waals surface area contributed by atoms with Crippen LogP contribution in [-0.4, -0.2) is 29.2 Å². The zero-order valence-electron chi connectivity index (χ0n) is 10.7. The van der Waals surface area contributed by atoms with Crippen LogP contribution in [0.5, 0.6) is 0 Å². The number of rotatable bonds is 3. The fourth-order valence-electron chi connectivity index (χ4n) is 3.35. The lowest BCUT2D eigenvalue weighted by atomic mass is 9.77. The first-order valence-corrected chi connectivity index (χ1v) is 7.48. The second kappa shape index (κ2) is 5.08. The molecule has 1 saturated carbocycles. The van der Waals surface area contributed by atoms with Crippen LogP contribution >= 0.6 is 11.6 Å². The highest BCUT2D eigenvalue weighted by molar-refractivity contribution is 6.17. The normalized spacial score (nSPS) is 22.8. The molecule has 0 N–H and O–H groups in total. The van der Waals surface area contributed by atoms with Crippen LogP contribution in [0.15, 0.2) is 4.42 Å². The number of piperidine rings is 1. The van der Waals surface area contributed by atoms with Crippen LogP contribution in [0.1, 0.15) is 44.4 Å². The number of hydrogen-bond donors (Lipinski definition) is 0. The fraction of sp³-hybridized carbons (Fsp3) is 0.846. The largest absolute Gasteiger partial charge is 0.408 e. The summed E-state index contributed by atoms with van der Waals surface area (Å²) in [7, 11) is 0. The molecule has 1 aromatic rings. The molecule has 0 amide bonds. The minimum absolute atomic E-state index is 0.532. The Labute approximate surface area is 113 Å². The fourth-order valence-corrected chi connectivity index (χ4v) is 3.51. The lowest BCUT2D eigenvalue weighted by Gasteiger charge is -2.38. The minimum Gasteiger partial charge on any atom is -0.408 e. The molecule has 2 aliphatic rings. The molecule has 0 atom stereocenters. The van der Waals surface area contributed by atoms with Gasteiger partial charge in [0.1, 0.15) is 0 Å². The molecule has 1 aromatic heterocycles. The third kappa shape index (κ3) is 2.35. The smallest absolute Gasteiger partial charge is 0.318 e. The first kappa shape index (κ1) is 12.3. The zero-order valence-corrected chi connectivity index (χ0v) is 11.5. The summed E-state index contributed by atoms with van der Waals surface area (Å²) >= 11 is 5.67. The van der Waals surface area contributed by atoms with Gasteiger partial charge in [0.05, 0.1) is 0 Å². The minimum atomic E-state index is 0.532. The Hall–Kier alpha value is -0.770. The number of anilines is 1. The molecule has 3 rings (SSSR count). The van der Waals surface area contributed by atoms with Crippen molar-refractivity contribution in [1.82, 2.24) is 10.2 Å². The van der Waals surface area contributed by atoms with Crippen LogP contribution in [0.4, 0.5) is 6.01 Å². The van der Waals surface area contributed by atoms with E-state index < -0.39 is 0 Å². The summed E-state index contributed by atoms with van der Waals surface area (Å²) in [5.74, 6) is 1.19. The van der Waals surface area contributed by atoms with E-state index >= 15 is 0 Å². The molecule has 1 spiro atoms. The van der Waals surface area contributed by atoms with Gasteiger partial charge in [-0.1, -0.05) is 17.9 Å².